The van der Waals surface area contributed by atoms with Crippen LogP contribution in [0.1, 0.15) is 24.9 Å². The molecular formula is C14H17NO3Y-2. The summed E-state index contributed by atoms with van der Waals surface area (Å²) in [4.78, 5) is 24.1. The molecule has 4 nitrogen and oxygen atoms in total. The largest absolute Gasteiger partial charge is 0.446 e. The van der Waals surface area contributed by atoms with Crippen molar-refractivity contribution in [3.05, 3.63) is 49.7 Å². The molecule has 1 aliphatic heterocycles. The normalized spacial score (nSPS) is 16.9. The van der Waals surface area contributed by atoms with E-state index >= 15 is 0 Å². The smallest absolute Gasteiger partial charge is 0.417 e. The zero-order valence-corrected chi connectivity index (χ0v) is 13.9. The molecule has 1 aliphatic rings. The minimum Gasteiger partial charge on any atom is -0.446 e. The fourth-order valence-electron chi connectivity index (χ4n) is 1.74. The van der Waals surface area contributed by atoms with E-state index in [0.29, 0.717) is 0 Å². The molecule has 0 saturated carbocycles. The molecule has 0 aliphatic carbocycles. The molecule has 5 heteroatoms. The number of amides is 2. The Kier molecular flexibility index (Phi) is 8.86. The third kappa shape index (κ3) is 4.39. The van der Waals surface area contributed by atoms with Crippen LogP contribution < -0.4 is 0 Å². The Morgan fingerprint density at radius 3 is 2.47 bits per heavy atom. The molecule has 0 aromatic heterocycles. The number of carbonyl (C=O) groups excluding carboxylic acids is 2. The topological polar surface area (TPSA) is 46.6 Å². The van der Waals surface area contributed by atoms with Crippen molar-refractivity contribution < 1.29 is 47.0 Å². The summed E-state index contributed by atoms with van der Waals surface area (Å²) in [5.41, 5.74) is 0.898. The maximum absolute atomic E-state index is 11.6. The van der Waals surface area contributed by atoms with Crippen LogP contribution in [-0.2, 0) is 42.2 Å². The van der Waals surface area contributed by atoms with Crippen LogP contribution in [-0.4, -0.2) is 23.5 Å². The molecule has 1 atom stereocenters. The van der Waals surface area contributed by atoms with Gasteiger partial charge in [-0.3, -0.25) is 4.79 Å². The van der Waals surface area contributed by atoms with E-state index < -0.39 is 6.09 Å². The average Bonchev–Trinajstić information content (AvgIpc) is 2.83. The number of carbonyl (C=O) groups is 2. The standard InChI is InChI=1S/C12H12NO3.C2H5.Y/c1-2-11(14)13-10(8-16-12(13)15)9-6-4-3-5-7-9;1-2;/h3-7,10H,1-2,8H2;1H2,2H3;/q2*-1;/t10-;;/m1../s1. The summed E-state index contributed by atoms with van der Waals surface area (Å²) in [6.45, 7) is 8.71. The summed E-state index contributed by atoms with van der Waals surface area (Å²) >= 11 is 0. The molecule has 0 unspecified atom stereocenters. The van der Waals surface area contributed by atoms with Crippen LogP contribution in [0.2, 0.25) is 0 Å². The number of nitrogens with zero attached hydrogens (tertiary/aromatic N) is 1. The number of hydrogen-bond acceptors (Lipinski definition) is 3. The third-order valence-corrected chi connectivity index (χ3v) is 2.54. The van der Waals surface area contributed by atoms with Crippen LogP contribution >= 0.6 is 0 Å². The van der Waals surface area contributed by atoms with Gasteiger partial charge in [0.15, 0.2) is 0 Å². The summed E-state index contributed by atoms with van der Waals surface area (Å²) < 4.78 is 4.89. The van der Waals surface area contributed by atoms with Crippen molar-refractivity contribution in [1.82, 2.24) is 4.90 Å². The Hall–Kier alpha value is -0.736. The molecule has 1 heterocycles. The van der Waals surface area contributed by atoms with E-state index in [1.807, 2.05) is 30.3 Å². The summed E-state index contributed by atoms with van der Waals surface area (Å²) in [7, 11) is 0. The van der Waals surface area contributed by atoms with E-state index in [-0.39, 0.29) is 57.7 Å². The second-order valence-electron chi connectivity index (χ2n) is 3.52. The van der Waals surface area contributed by atoms with Gasteiger partial charge < -0.3 is 18.6 Å². The number of ether oxygens (including phenoxy) is 1. The van der Waals surface area contributed by atoms with E-state index in [2.05, 4.69) is 13.8 Å². The molecule has 1 aromatic rings. The van der Waals surface area contributed by atoms with E-state index in [1.54, 1.807) is 6.92 Å². The van der Waals surface area contributed by atoms with Crippen LogP contribution in [0.15, 0.2) is 30.3 Å². The van der Waals surface area contributed by atoms with Gasteiger partial charge in [-0.05, 0) is 5.56 Å². The van der Waals surface area contributed by atoms with Gasteiger partial charge in [0.2, 0.25) is 5.91 Å². The summed E-state index contributed by atoms with van der Waals surface area (Å²) in [5.74, 6) is -0.309. The van der Waals surface area contributed by atoms with Gasteiger partial charge in [-0.15, -0.1) is 6.42 Å². The molecule has 1 aromatic carbocycles. The molecule has 2 rings (SSSR count). The van der Waals surface area contributed by atoms with Crippen molar-refractivity contribution in [1.29, 1.82) is 0 Å². The van der Waals surface area contributed by atoms with Crippen molar-refractivity contribution in [2.24, 2.45) is 0 Å². The molecule has 101 valence electrons. The maximum Gasteiger partial charge on any atom is 0.417 e. The second-order valence-corrected chi connectivity index (χ2v) is 3.52. The predicted octanol–water partition coefficient (Wildman–Crippen LogP) is 2.77. The van der Waals surface area contributed by atoms with E-state index in [0.717, 1.165) is 10.5 Å². The van der Waals surface area contributed by atoms with Crippen LogP contribution in [0.3, 0.4) is 0 Å². The van der Waals surface area contributed by atoms with Crippen LogP contribution in [0.4, 0.5) is 4.79 Å². The first-order valence-electron chi connectivity index (χ1n) is 5.77. The fraction of sp³-hybridized carbons (Fsp3) is 0.286. The molecule has 1 fully saturated rings. The van der Waals surface area contributed by atoms with Crippen molar-refractivity contribution in [2.75, 3.05) is 6.61 Å². The summed E-state index contributed by atoms with van der Waals surface area (Å²) in [5, 5.41) is 0. The van der Waals surface area contributed by atoms with Crippen molar-refractivity contribution in [3.8, 4) is 0 Å². The van der Waals surface area contributed by atoms with Crippen LogP contribution in [0.25, 0.3) is 0 Å². The quantitative estimate of drug-likeness (QED) is 0.780. The summed E-state index contributed by atoms with van der Waals surface area (Å²) in [6, 6.07) is 9.04. The first-order chi connectivity index (χ1) is 8.74. The molecule has 0 N–H and O–H groups in total. The van der Waals surface area contributed by atoms with Gasteiger partial charge >= 0.3 is 6.09 Å². The van der Waals surface area contributed by atoms with E-state index in [9.17, 15) is 9.59 Å². The average molecular weight is 336 g/mol. The van der Waals surface area contributed by atoms with Gasteiger partial charge in [-0.25, -0.2) is 9.69 Å². The predicted molar refractivity (Wildman–Crippen MR) is 68.4 cm³/mol. The molecular weight excluding hydrogens is 319 g/mol. The first kappa shape index (κ1) is 18.3. The van der Waals surface area contributed by atoms with Gasteiger partial charge in [-0.1, -0.05) is 30.3 Å². The SMILES string of the molecule is [CH2-]C.[CH2-]CC(=O)N1C(=O)OC[C@@H]1c1ccccc1.[Y]. The van der Waals surface area contributed by atoms with Gasteiger partial charge in [-0.2, -0.15) is 6.92 Å². The Morgan fingerprint density at radius 1 is 1.37 bits per heavy atom. The van der Waals surface area contributed by atoms with Gasteiger partial charge in [0.05, 0.1) is 0 Å². The number of benzene rings is 1. The molecule has 1 saturated heterocycles. The molecule has 1 radical (unpaired) electrons. The molecule has 0 spiro atoms. The second kappa shape index (κ2) is 9.21. The number of cyclic esters (lactones) is 1. The Balaban J connectivity index is 0.00000103. The zero-order valence-electron chi connectivity index (χ0n) is 11.0. The minimum absolute atomic E-state index is 0. The fourth-order valence-corrected chi connectivity index (χ4v) is 1.74. The van der Waals surface area contributed by atoms with E-state index in [4.69, 9.17) is 4.74 Å². The van der Waals surface area contributed by atoms with Crippen molar-refractivity contribution in [2.45, 2.75) is 19.4 Å². The van der Waals surface area contributed by atoms with Crippen LogP contribution in [0, 0.1) is 13.8 Å². The Morgan fingerprint density at radius 2 is 1.95 bits per heavy atom. The van der Waals surface area contributed by atoms with E-state index in [1.165, 1.54) is 0 Å². The zero-order chi connectivity index (χ0) is 13.5. The molecule has 0 bridgehead atoms. The Bertz CT molecular complexity index is 408. The molecule has 19 heavy (non-hydrogen) atoms. The maximum atomic E-state index is 11.6. The van der Waals surface area contributed by atoms with Crippen molar-refractivity contribution >= 4 is 12.0 Å². The van der Waals surface area contributed by atoms with Gasteiger partial charge in [0, 0.05) is 32.7 Å². The Labute approximate surface area is 139 Å². The van der Waals surface area contributed by atoms with Gasteiger partial charge in [0.1, 0.15) is 12.6 Å². The molecule has 2 amide bonds. The minimum atomic E-state index is -0.581. The third-order valence-electron chi connectivity index (χ3n) is 2.54. The summed E-state index contributed by atoms with van der Waals surface area (Å²) in [6.07, 6.45) is -0.527. The number of rotatable bonds is 2. The first-order valence-corrected chi connectivity index (χ1v) is 5.77. The van der Waals surface area contributed by atoms with Crippen LogP contribution in [0.5, 0.6) is 0 Å². The van der Waals surface area contributed by atoms with Gasteiger partial charge in [0.25, 0.3) is 0 Å². The van der Waals surface area contributed by atoms with Crippen molar-refractivity contribution in [3.63, 3.8) is 0 Å². The monoisotopic (exact) mass is 336 g/mol. The number of imide groups is 1. The number of hydrogen-bond donors (Lipinski definition) is 0.